The van der Waals surface area contributed by atoms with E-state index < -0.39 is 97.5 Å². The largest absolute Gasteiger partial charge is 0.472 e. The molecule has 0 saturated heterocycles. The van der Waals surface area contributed by atoms with E-state index in [0.717, 1.165) is 114 Å². The van der Waals surface area contributed by atoms with Crippen molar-refractivity contribution >= 4 is 39.5 Å². The highest BCUT2D eigenvalue weighted by atomic mass is 31.2. The van der Waals surface area contributed by atoms with Crippen LogP contribution in [0, 0.1) is 23.7 Å². The second-order valence-corrected chi connectivity index (χ2v) is 29.1. The number of rotatable bonds is 65. The highest BCUT2D eigenvalue weighted by Gasteiger charge is 2.30. The molecule has 17 nitrogen and oxygen atoms in total. The van der Waals surface area contributed by atoms with Crippen LogP contribution >= 0.6 is 15.6 Å². The first kappa shape index (κ1) is 85.1. The second-order valence-electron chi connectivity index (χ2n) is 26.2. The molecule has 0 rings (SSSR count). The lowest BCUT2D eigenvalue weighted by atomic mass is 10.00. The predicted molar refractivity (Wildman–Crippen MR) is 349 cm³/mol. The standard InChI is InChI=1S/C68H132O17P2/c1-9-61(8)47-39-31-26-27-33-41-49-66(71)79-55-64(84-67(72)50-42-34-24-18-17-21-29-37-45-59(4)5)57-83-87(76,77)81-53-62(69)52-80-86(74,75)82-56-63(85-68(73)51-43-35-25-19-22-30-38-46-60(6)7)54-78-65(70)48-40-32-23-16-14-12-10-11-13-15-20-28-36-44-58(2)3/h58-64,69H,9-57H2,1-8H3,(H,74,75)(H,76,77)/t61?,62-,63-,64-/m1/s1. The van der Waals surface area contributed by atoms with Crippen molar-refractivity contribution < 1.29 is 80.2 Å². The van der Waals surface area contributed by atoms with E-state index in [4.69, 9.17) is 37.0 Å². The van der Waals surface area contributed by atoms with Crippen molar-refractivity contribution in [3.05, 3.63) is 0 Å². The van der Waals surface area contributed by atoms with Gasteiger partial charge in [0.25, 0.3) is 0 Å². The highest BCUT2D eigenvalue weighted by molar-refractivity contribution is 7.47. The summed E-state index contributed by atoms with van der Waals surface area (Å²) in [5, 5.41) is 10.6. The fraction of sp³-hybridized carbons (Fsp3) is 0.941. The molecule has 0 fully saturated rings. The van der Waals surface area contributed by atoms with E-state index >= 15 is 0 Å². The number of phosphoric acid groups is 2. The van der Waals surface area contributed by atoms with Gasteiger partial charge >= 0.3 is 39.5 Å². The van der Waals surface area contributed by atoms with E-state index in [1.807, 2.05) is 0 Å². The molecule has 516 valence electrons. The van der Waals surface area contributed by atoms with Crippen molar-refractivity contribution in [1.82, 2.24) is 0 Å². The first-order valence-electron chi connectivity index (χ1n) is 35.2. The molecule has 0 aliphatic carbocycles. The molecule has 0 saturated carbocycles. The second kappa shape index (κ2) is 57.9. The van der Waals surface area contributed by atoms with E-state index in [1.54, 1.807) is 0 Å². The van der Waals surface area contributed by atoms with Gasteiger partial charge in [0.15, 0.2) is 12.2 Å². The SMILES string of the molecule is CCC(C)CCCCCCCCC(=O)OC[C@H](COP(=O)(O)OC[C@H](O)COP(=O)(O)OC[C@@H](COC(=O)CCCCCCCCCCCCCCCC(C)C)OC(=O)CCCCCCCCCC(C)C)OC(=O)CCCCCCCCCCC(C)C. The molecular weight excluding hydrogens is 1150 g/mol. The maximum absolute atomic E-state index is 13.0. The fourth-order valence-corrected chi connectivity index (χ4v) is 11.7. The average Bonchev–Trinajstić information content (AvgIpc) is 3.53. The fourth-order valence-electron chi connectivity index (χ4n) is 10.1. The third-order valence-electron chi connectivity index (χ3n) is 15.9. The quantitative estimate of drug-likeness (QED) is 0.0222. The smallest absolute Gasteiger partial charge is 0.462 e. The number of esters is 4. The number of aliphatic hydroxyl groups excluding tert-OH is 1. The van der Waals surface area contributed by atoms with Crippen LogP contribution in [-0.4, -0.2) is 96.7 Å². The molecule has 0 spiro atoms. The van der Waals surface area contributed by atoms with Gasteiger partial charge in [-0.2, -0.15) is 0 Å². The topological polar surface area (TPSA) is 237 Å². The zero-order chi connectivity index (χ0) is 64.7. The van der Waals surface area contributed by atoms with Crippen LogP contribution in [0.1, 0.15) is 331 Å². The normalized spacial score (nSPS) is 14.6. The summed E-state index contributed by atoms with van der Waals surface area (Å²) in [6, 6.07) is 0. The van der Waals surface area contributed by atoms with Gasteiger partial charge in [0.05, 0.1) is 26.4 Å². The van der Waals surface area contributed by atoms with E-state index in [9.17, 15) is 43.2 Å². The number of carbonyl (C=O) groups is 4. The zero-order valence-electron chi connectivity index (χ0n) is 56.6. The Balaban J connectivity index is 5.22. The molecule has 0 aromatic rings. The van der Waals surface area contributed by atoms with E-state index in [-0.39, 0.29) is 25.7 Å². The Hall–Kier alpha value is -1.94. The molecule has 19 heteroatoms. The number of aliphatic hydroxyl groups is 1. The van der Waals surface area contributed by atoms with Gasteiger partial charge < -0.3 is 33.8 Å². The molecule has 0 aromatic carbocycles. The van der Waals surface area contributed by atoms with Crippen LogP contribution in [0.3, 0.4) is 0 Å². The van der Waals surface area contributed by atoms with Crippen molar-refractivity contribution in [3.8, 4) is 0 Å². The molecule has 0 bridgehead atoms. The molecule has 6 atom stereocenters. The molecule has 0 radical (unpaired) electrons. The van der Waals surface area contributed by atoms with Gasteiger partial charge in [0.1, 0.15) is 19.3 Å². The summed E-state index contributed by atoms with van der Waals surface area (Å²) in [5.74, 6) is 0.799. The summed E-state index contributed by atoms with van der Waals surface area (Å²) in [5.41, 5.74) is 0. The van der Waals surface area contributed by atoms with Crippen LogP contribution in [0.4, 0.5) is 0 Å². The Morgan fingerprint density at radius 3 is 0.816 bits per heavy atom. The number of ether oxygens (including phenoxy) is 4. The van der Waals surface area contributed by atoms with Crippen LogP contribution in [0.5, 0.6) is 0 Å². The minimum Gasteiger partial charge on any atom is -0.462 e. The molecule has 87 heavy (non-hydrogen) atoms. The first-order chi connectivity index (χ1) is 41.6. The number of carbonyl (C=O) groups excluding carboxylic acids is 4. The summed E-state index contributed by atoms with van der Waals surface area (Å²) in [4.78, 5) is 72.4. The van der Waals surface area contributed by atoms with Crippen LogP contribution in [-0.2, 0) is 65.4 Å². The van der Waals surface area contributed by atoms with Gasteiger partial charge in [-0.25, -0.2) is 9.13 Å². The first-order valence-corrected chi connectivity index (χ1v) is 38.2. The van der Waals surface area contributed by atoms with Crippen LogP contribution in [0.15, 0.2) is 0 Å². The Morgan fingerprint density at radius 2 is 0.552 bits per heavy atom. The van der Waals surface area contributed by atoms with Gasteiger partial charge in [-0.05, 0) is 49.4 Å². The van der Waals surface area contributed by atoms with Crippen LogP contribution < -0.4 is 0 Å². The number of unbranched alkanes of at least 4 members (excludes halogenated alkanes) is 30. The lowest BCUT2D eigenvalue weighted by Crippen LogP contribution is -2.30. The van der Waals surface area contributed by atoms with Gasteiger partial charge in [-0.3, -0.25) is 37.3 Å². The lowest BCUT2D eigenvalue weighted by Gasteiger charge is -2.21. The van der Waals surface area contributed by atoms with Crippen LogP contribution in [0.2, 0.25) is 0 Å². The zero-order valence-corrected chi connectivity index (χ0v) is 58.4. The molecular formula is C68H132O17P2. The van der Waals surface area contributed by atoms with E-state index in [0.29, 0.717) is 31.6 Å². The third-order valence-corrected chi connectivity index (χ3v) is 17.8. The van der Waals surface area contributed by atoms with Crippen molar-refractivity contribution in [1.29, 1.82) is 0 Å². The summed E-state index contributed by atoms with van der Waals surface area (Å²) < 4.78 is 68.1. The van der Waals surface area contributed by atoms with Gasteiger partial charge in [0.2, 0.25) is 0 Å². The van der Waals surface area contributed by atoms with Crippen molar-refractivity contribution in [3.63, 3.8) is 0 Å². The van der Waals surface area contributed by atoms with E-state index in [1.165, 1.54) is 128 Å². The van der Waals surface area contributed by atoms with Gasteiger partial charge in [0, 0.05) is 25.7 Å². The molecule has 0 aliphatic heterocycles. The molecule has 3 N–H and O–H groups in total. The summed E-state index contributed by atoms with van der Waals surface area (Å²) in [7, 11) is -9.90. The lowest BCUT2D eigenvalue weighted by molar-refractivity contribution is -0.161. The van der Waals surface area contributed by atoms with Gasteiger partial charge in [-0.15, -0.1) is 0 Å². The maximum Gasteiger partial charge on any atom is 0.472 e. The molecule has 0 amide bonds. The Labute approximate surface area is 530 Å². The van der Waals surface area contributed by atoms with Gasteiger partial charge in [-0.1, -0.05) is 280 Å². The summed E-state index contributed by atoms with van der Waals surface area (Å²) in [6.07, 6.45) is 39.1. The van der Waals surface area contributed by atoms with E-state index in [2.05, 4.69) is 55.4 Å². The Bertz CT molecular complexity index is 1730. The summed E-state index contributed by atoms with van der Waals surface area (Å²) >= 11 is 0. The number of hydrogen-bond donors (Lipinski definition) is 3. The third kappa shape index (κ3) is 61.3. The minimum absolute atomic E-state index is 0.103. The number of phosphoric ester groups is 2. The van der Waals surface area contributed by atoms with Crippen molar-refractivity contribution in [2.24, 2.45) is 23.7 Å². The number of hydrogen-bond acceptors (Lipinski definition) is 15. The Kier molecular flexibility index (Phi) is 56.6. The van der Waals surface area contributed by atoms with Crippen molar-refractivity contribution in [2.75, 3.05) is 39.6 Å². The monoisotopic (exact) mass is 1280 g/mol. The minimum atomic E-state index is -4.95. The Morgan fingerprint density at radius 1 is 0.322 bits per heavy atom. The summed E-state index contributed by atoms with van der Waals surface area (Å²) in [6.45, 7) is 14.0. The predicted octanol–water partition coefficient (Wildman–Crippen LogP) is 18.9. The highest BCUT2D eigenvalue weighted by Crippen LogP contribution is 2.45. The maximum atomic E-state index is 13.0. The molecule has 0 heterocycles. The average molecular weight is 1280 g/mol. The van der Waals surface area contributed by atoms with Crippen molar-refractivity contribution in [2.45, 2.75) is 350 Å². The van der Waals surface area contributed by atoms with Crippen LogP contribution in [0.25, 0.3) is 0 Å². The molecule has 0 aromatic heterocycles. The molecule has 0 aliphatic rings. The molecule has 3 unspecified atom stereocenters.